The maximum Gasteiger partial charge on any atom is 0.409 e. The van der Waals surface area contributed by atoms with Crippen molar-refractivity contribution in [2.75, 3.05) is 19.7 Å². The van der Waals surface area contributed by atoms with Gasteiger partial charge in [0, 0.05) is 13.1 Å². The predicted molar refractivity (Wildman–Crippen MR) is 67.3 cm³/mol. The quantitative estimate of drug-likeness (QED) is 0.838. The number of nitrogens with zero attached hydrogens (tertiary/aromatic N) is 1. The van der Waals surface area contributed by atoms with Crippen molar-refractivity contribution >= 4 is 12.1 Å². The summed E-state index contributed by atoms with van der Waals surface area (Å²) < 4.78 is 5.13. The van der Waals surface area contributed by atoms with Crippen molar-refractivity contribution in [3.05, 3.63) is 0 Å². The number of rotatable bonds is 4. The Balaban J connectivity index is 2.64. The highest BCUT2D eigenvalue weighted by Gasteiger charge is 2.48. The van der Waals surface area contributed by atoms with Crippen molar-refractivity contribution in [1.29, 1.82) is 0 Å². The van der Waals surface area contributed by atoms with Crippen LogP contribution in [0.4, 0.5) is 4.79 Å². The number of aliphatic carboxylic acids is 1. The van der Waals surface area contributed by atoms with Crippen LogP contribution in [0.1, 0.15) is 34.1 Å². The van der Waals surface area contributed by atoms with Gasteiger partial charge < -0.3 is 14.7 Å². The van der Waals surface area contributed by atoms with E-state index in [9.17, 15) is 14.7 Å². The maximum atomic E-state index is 11.8. The molecule has 0 aromatic rings. The molecule has 18 heavy (non-hydrogen) atoms. The van der Waals surface area contributed by atoms with Crippen molar-refractivity contribution in [3.8, 4) is 0 Å². The van der Waals surface area contributed by atoms with E-state index in [-0.39, 0.29) is 18.4 Å². The molecule has 1 rings (SSSR count). The van der Waals surface area contributed by atoms with E-state index >= 15 is 0 Å². The number of amides is 1. The number of ether oxygens (including phenoxy) is 1. The van der Waals surface area contributed by atoms with Crippen LogP contribution >= 0.6 is 0 Å². The fourth-order valence-electron chi connectivity index (χ4n) is 2.21. The Kier molecular flexibility index (Phi) is 4.59. The van der Waals surface area contributed by atoms with Crippen LogP contribution in [-0.2, 0) is 9.53 Å². The Hall–Kier alpha value is -1.26. The van der Waals surface area contributed by atoms with E-state index < -0.39 is 17.5 Å². The summed E-state index contributed by atoms with van der Waals surface area (Å²) >= 11 is 0. The first kappa shape index (κ1) is 14.8. The summed E-state index contributed by atoms with van der Waals surface area (Å²) in [5.41, 5.74) is -0.823. The molecule has 1 heterocycles. The molecule has 0 radical (unpaired) electrons. The Morgan fingerprint density at radius 3 is 2.33 bits per heavy atom. The van der Waals surface area contributed by atoms with Gasteiger partial charge in [0.05, 0.1) is 12.0 Å². The molecule has 0 saturated carbocycles. The minimum atomic E-state index is -0.823. The summed E-state index contributed by atoms with van der Waals surface area (Å²) in [5.74, 6) is -0.541. The second kappa shape index (κ2) is 5.59. The van der Waals surface area contributed by atoms with Gasteiger partial charge >= 0.3 is 12.1 Å². The Labute approximate surface area is 108 Å². The Morgan fingerprint density at radius 1 is 1.33 bits per heavy atom. The molecule has 104 valence electrons. The molecule has 1 saturated heterocycles. The molecule has 0 aromatic heterocycles. The van der Waals surface area contributed by atoms with Gasteiger partial charge in [-0.2, -0.15) is 0 Å². The monoisotopic (exact) mass is 257 g/mol. The van der Waals surface area contributed by atoms with Crippen LogP contribution in [0, 0.1) is 17.3 Å². The second-order valence-electron chi connectivity index (χ2n) is 5.76. The zero-order valence-corrected chi connectivity index (χ0v) is 11.6. The summed E-state index contributed by atoms with van der Waals surface area (Å²) in [6, 6.07) is 0. The normalized spacial score (nSPS) is 23.8. The Morgan fingerprint density at radius 2 is 1.94 bits per heavy atom. The molecule has 0 bridgehead atoms. The van der Waals surface area contributed by atoms with Gasteiger partial charge in [0.15, 0.2) is 0 Å². The molecule has 0 spiro atoms. The van der Waals surface area contributed by atoms with Gasteiger partial charge in [-0.3, -0.25) is 4.79 Å². The molecule has 1 aliphatic rings. The van der Waals surface area contributed by atoms with Crippen LogP contribution in [0.15, 0.2) is 0 Å². The minimum Gasteiger partial charge on any atom is -0.481 e. The van der Waals surface area contributed by atoms with Gasteiger partial charge in [0.25, 0.3) is 0 Å². The van der Waals surface area contributed by atoms with Gasteiger partial charge in [-0.15, -0.1) is 0 Å². The molecule has 1 N–H and O–H groups in total. The van der Waals surface area contributed by atoms with E-state index in [4.69, 9.17) is 4.74 Å². The predicted octanol–water partition coefficient (Wildman–Crippen LogP) is 2.21. The lowest BCUT2D eigenvalue weighted by Gasteiger charge is -2.28. The number of carboxylic acids is 1. The highest BCUT2D eigenvalue weighted by atomic mass is 16.6. The van der Waals surface area contributed by atoms with E-state index in [1.165, 1.54) is 4.90 Å². The lowest BCUT2D eigenvalue weighted by Crippen LogP contribution is -2.40. The number of carbonyl (C=O) groups excluding carboxylic acids is 1. The van der Waals surface area contributed by atoms with E-state index in [1.54, 1.807) is 0 Å². The van der Waals surface area contributed by atoms with E-state index in [1.807, 2.05) is 27.7 Å². The van der Waals surface area contributed by atoms with Crippen LogP contribution in [-0.4, -0.2) is 41.8 Å². The molecule has 5 heteroatoms. The van der Waals surface area contributed by atoms with Crippen LogP contribution in [0.2, 0.25) is 0 Å². The van der Waals surface area contributed by atoms with Crippen LogP contribution in [0.3, 0.4) is 0 Å². The molecule has 1 atom stereocenters. The van der Waals surface area contributed by atoms with E-state index in [2.05, 4.69) is 0 Å². The van der Waals surface area contributed by atoms with Gasteiger partial charge in [-0.25, -0.2) is 4.79 Å². The van der Waals surface area contributed by atoms with Gasteiger partial charge in [0.2, 0.25) is 0 Å². The first-order valence-corrected chi connectivity index (χ1v) is 6.44. The first-order valence-electron chi connectivity index (χ1n) is 6.44. The largest absolute Gasteiger partial charge is 0.481 e. The minimum absolute atomic E-state index is 0.00195. The van der Waals surface area contributed by atoms with Crippen LogP contribution in [0.5, 0.6) is 0 Å². The van der Waals surface area contributed by atoms with Crippen molar-refractivity contribution < 1.29 is 19.4 Å². The summed E-state index contributed by atoms with van der Waals surface area (Å²) in [4.78, 5) is 24.7. The summed E-state index contributed by atoms with van der Waals surface area (Å²) in [6.07, 6.45) is 0.101. The lowest BCUT2D eigenvalue weighted by molar-refractivity contribution is -0.150. The molecule has 0 aromatic carbocycles. The fourth-order valence-corrected chi connectivity index (χ4v) is 2.21. The topological polar surface area (TPSA) is 66.8 Å². The smallest absolute Gasteiger partial charge is 0.409 e. The molecule has 1 amide bonds. The maximum absolute atomic E-state index is 11.8. The third-order valence-electron chi connectivity index (χ3n) is 3.63. The number of hydrogen-bond acceptors (Lipinski definition) is 3. The third-order valence-corrected chi connectivity index (χ3v) is 3.63. The summed E-state index contributed by atoms with van der Waals surface area (Å²) in [5, 5.41) is 9.37. The average molecular weight is 257 g/mol. The van der Waals surface area contributed by atoms with E-state index in [0.717, 1.165) is 0 Å². The molecular formula is C13H23NO4. The van der Waals surface area contributed by atoms with Gasteiger partial charge in [-0.1, -0.05) is 27.7 Å². The number of hydrogen-bond donors (Lipinski definition) is 1. The Bertz CT molecular complexity index is 327. The molecule has 1 unspecified atom stereocenters. The van der Waals surface area contributed by atoms with Crippen molar-refractivity contribution in [1.82, 2.24) is 4.90 Å². The van der Waals surface area contributed by atoms with Gasteiger partial charge in [-0.05, 0) is 18.3 Å². The van der Waals surface area contributed by atoms with E-state index in [0.29, 0.717) is 19.6 Å². The highest BCUT2D eigenvalue weighted by Crippen LogP contribution is 2.38. The summed E-state index contributed by atoms with van der Waals surface area (Å²) in [6.45, 7) is 8.78. The number of likely N-dealkylation sites (tertiary alicyclic amines) is 1. The average Bonchev–Trinajstić information content (AvgIpc) is 2.71. The van der Waals surface area contributed by atoms with Gasteiger partial charge in [0.1, 0.15) is 0 Å². The van der Waals surface area contributed by atoms with Crippen LogP contribution < -0.4 is 0 Å². The molecule has 1 aliphatic heterocycles. The third kappa shape index (κ3) is 2.94. The summed E-state index contributed by atoms with van der Waals surface area (Å²) in [7, 11) is 0. The molecular weight excluding hydrogens is 234 g/mol. The molecule has 0 aliphatic carbocycles. The van der Waals surface area contributed by atoms with Crippen molar-refractivity contribution in [3.63, 3.8) is 0 Å². The molecule has 5 nitrogen and oxygen atoms in total. The number of carbonyl (C=O) groups is 2. The van der Waals surface area contributed by atoms with Crippen molar-refractivity contribution in [2.45, 2.75) is 34.1 Å². The SMILES string of the molecule is CC(C)COC(=O)N1CCC(C(=O)O)(C(C)C)C1. The lowest BCUT2D eigenvalue weighted by atomic mass is 9.76. The second-order valence-corrected chi connectivity index (χ2v) is 5.76. The zero-order valence-electron chi connectivity index (χ0n) is 11.6. The highest BCUT2D eigenvalue weighted by molar-refractivity contribution is 5.78. The van der Waals surface area contributed by atoms with Crippen LogP contribution in [0.25, 0.3) is 0 Å². The van der Waals surface area contributed by atoms with Crippen molar-refractivity contribution in [2.24, 2.45) is 17.3 Å². The standard InChI is InChI=1S/C13H23NO4/c1-9(2)7-18-12(17)14-6-5-13(8-14,10(3)4)11(15)16/h9-10H,5-8H2,1-4H3,(H,15,16). The fraction of sp³-hybridized carbons (Fsp3) is 0.846. The first-order chi connectivity index (χ1) is 8.29. The zero-order chi connectivity index (χ0) is 13.9. The molecule has 1 fully saturated rings. The number of carboxylic acid groups (broad SMARTS) is 1.